The molecule has 0 aliphatic carbocycles. The van der Waals surface area contributed by atoms with Crippen molar-refractivity contribution in [2.45, 2.75) is 52.6 Å². The first-order valence-electron chi connectivity index (χ1n) is 9.15. The van der Waals surface area contributed by atoms with Gasteiger partial charge in [0.25, 0.3) is 5.91 Å². The highest BCUT2D eigenvalue weighted by Crippen LogP contribution is 2.25. The van der Waals surface area contributed by atoms with Gasteiger partial charge in [0.2, 0.25) is 0 Å². The Hall–Kier alpha value is -2.07. The fourth-order valence-electron chi connectivity index (χ4n) is 3.62. The summed E-state index contributed by atoms with van der Waals surface area (Å²) in [6.07, 6.45) is 1.07. The van der Waals surface area contributed by atoms with Crippen molar-refractivity contribution in [1.29, 1.82) is 0 Å². The predicted molar refractivity (Wildman–Crippen MR) is 100 cm³/mol. The number of piperidine rings is 1. The lowest BCUT2D eigenvalue weighted by atomic mass is 10.0. The molecule has 1 aliphatic rings. The minimum Gasteiger partial charge on any atom is -0.393 e. The number of aryl methyl sites for hydroxylation is 1. The van der Waals surface area contributed by atoms with Gasteiger partial charge in [0.1, 0.15) is 0 Å². The van der Waals surface area contributed by atoms with Crippen molar-refractivity contribution >= 4 is 5.91 Å². The lowest BCUT2D eigenvalue weighted by Gasteiger charge is -2.29. The van der Waals surface area contributed by atoms with Gasteiger partial charge in [-0.15, -0.1) is 0 Å². The fraction of sp³-hybridized carbons (Fsp3) is 0.476. The van der Waals surface area contributed by atoms with Crippen LogP contribution in [0.4, 0.5) is 0 Å². The first-order valence-corrected chi connectivity index (χ1v) is 9.15. The van der Waals surface area contributed by atoms with Crippen molar-refractivity contribution in [3.63, 3.8) is 0 Å². The SMILES string of the molecule is Cc1cc(C(=O)N2CCC(O)CC2)c(C)n1-c1ccc(C(C)C)cc1. The summed E-state index contributed by atoms with van der Waals surface area (Å²) in [6, 6.07) is 10.6. The minimum atomic E-state index is -0.268. The summed E-state index contributed by atoms with van der Waals surface area (Å²) in [6.45, 7) is 9.69. The summed E-state index contributed by atoms with van der Waals surface area (Å²) in [5.41, 5.74) is 5.21. The Kier molecular flexibility index (Phi) is 5.00. The lowest BCUT2D eigenvalue weighted by molar-refractivity contribution is 0.0546. The molecule has 1 fully saturated rings. The first kappa shape index (κ1) is 17.7. The zero-order valence-corrected chi connectivity index (χ0v) is 15.6. The number of amides is 1. The number of aromatic nitrogens is 1. The number of nitrogens with zero attached hydrogens (tertiary/aromatic N) is 2. The highest BCUT2D eigenvalue weighted by molar-refractivity contribution is 5.96. The molecule has 2 heterocycles. The third kappa shape index (κ3) is 3.49. The third-order valence-electron chi connectivity index (χ3n) is 5.23. The van der Waals surface area contributed by atoms with Crippen LogP contribution in [0, 0.1) is 13.8 Å². The summed E-state index contributed by atoms with van der Waals surface area (Å²) in [4.78, 5) is 14.8. The Balaban J connectivity index is 1.89. The fourth-order valence-corrected chi connectivity index (χ4v) is 3.62. The van der Waals surface area contributed by atoms with Crippen LogP contribution in [0.25, 0.3) is 5.69 Å². The number of aliphatic hydroxyl groups is 1. The molecule has 1 saturated heterocycles. The van der Waals surface area contributed by atoms with Crippen LogP contribution in [-0.4, -0.2) is 39.7 Å². The first-order chi connectivity index (χ1) is 11.9. The molecular formula is C21H28N2O2. The molecule has 134 valence electrons. The average molecular weight is 340 g/mol. The van der Waals surface area contributed by atoms with Gasteiger partial charge in [-0.1, -0.05) is 26.0 Å². The predicted octanol–water partition coefficient (Wildman–Crippen LogP) is 3.81. The normalized spacial score (nSPS) is 15.8. The molecule has 2 aromatic rings. The summed E-state index contributed by atoms with van der Waals surface area (Å²) in [7, 11) is 0. The van der Waals surface area contributed by atoms with Gasteiger partial charge in [-0.2, -0.15) is 0 Å². The maximum atomic E-state index is 12.9. The minimum absolute atomic E-state index is 0.0741. The van der Waals surface area contributed by atoms with Gasteiger partial charge in [0, 0.05) is 30.2 Å². The topological polar surface area (TPSA) is 45.5 Å². The summed E-state index contributed by atoms with van der Waals surface area (Å²) < 4.78 is 2.15. The van der Waals surface area contributed by atoms with Gasteiger partial charge in [0.05, 0.1) is 11.7 Å². The maximum absolute atomic E-state index is 12.9. The average Bonchev–Trinajstić information content (AvgIpc) is 2.89. The van der Waals surface area contributed by atoms with Gasteiger partial charge in [-0.3, -0.25) is 4.79 Å². The third-order valence-corrected chi connectivity index (χ3v) is 5.23. The summed E-state index contributed by atoms with van der Waals surface area (Å²) in [5, 5.41) is 9.65. The van der Waals surface area contributed by atoms with E-state index >= 15 is 0 Å². The zero-order valence-electron chi connectivity index (χ0n) is 15.6. The van der Waals surface area contributed by atoms with E-state index in [1.54, 1.807) is 0 Å². The Bertz CT molecular complexity index is 751. The van der Waals surface area contributed by atoms with Gasteiger partial charge in [0.15, 0.2) is 0 Å². The molecule has 3 rings (SSSR count). The largest absolute Gasteiger partial charge is 0.393 e. The molecule has 0 atom stereocenters. The van der Waals surface area contributed by atoms with Crippen molar-refractivity contribution in [2.75, 3.05) is 13.1 Å². The molecule has 1 aliphatic heterocycles. The molecule has 1 amide bonds. The zero-order chi connectivity index (χ0) is 18.1. The molecule has 4 nitrogen and oxygen atoms in total. The van der Waals surface area contributed by atoms with E-state index in [1.807, 2.05) is 24.8 Å². The molecule has 1 aromatic heterocycles. The molecule has 0 saturated carbocycles. The highest BCUT2D eigenvalue weighted by atomic mass is 16.3. The van der Waals surface area contributed by atoms with Crippen LogP contribution in [-0.2, 0) is 0 Å². The van der Waals surface area contributed by atoms with E-state index in [2.05, 4.69) is 42.7 Å². The Morgan fingerprint density at radius 3 is 2.28 bits per heavy atom. The van der Waals surface area contributed by atoms with Crippen LogP contribution in [0.3, 0.4) is 0 Å². The highest BCUT2D eigenvalue weighted by Gasteiger charge is 2.25. The number of benzene rings is 1. The van der Waals surface area contributed by atoms with E-state index in [1.165, 1.54) is 5.56 Å². The number of rotatable bonds is 3. The molecule has 0 radical (unpaired) electrons. The summed E-state index contributed by atoms with van der Waals surface area (Å²) >= 11 is 0. The van der Waals surface area contributed by atoms with E-state index in [0.717, 1.165) is 22.6 Å². The second kappa shape index (κ2) is 7.04. The summed E-state index contributed by atoms with van der Waals surface area (Å²) in [5.74, 6) is 0.581. The smallest absolute Gasteiger partial charge is 0.255 e. The van der Waals surface area contributed by atoms with Crippen molar-refractivity contribution in [1.82, 2.24) is 9.47 Å². The molecule has 25 heavy (non-hydrogen) atoms. The van der Waals surface area contributed by atoms with Crippen LogP contribution in [0.2, 0.25) is 0 Å². The standard InChI is InChI=1S/C21H28N2O2/c1-14(2)17-5-7-18(8-6-17)23-15(3)13-20(16(23)4)21(25)22-11-9-19(24)10-12-22/h5-8,13-14,19,24H,9-12H2,1-4H3. The molecule has 0 bridgehead atoms. The van der Waals surface area contributed by atoms with Crippen LogP contribution < -0.4 is 0 Å². The van der Waals surface area contributed by atoms with Crippen LogP contribution in [0.1, 0.15) is 59.9 Å². The lowest BCUT2D eigenvalue weighted by Crippen LogP contribution is -2.40. The second-order valence-corrected chi connectivity index (χ2v) is 7.39. The van der Waals surface area contributed by atoms with Crippen molar-refractivity contribution in [3.05, 3.63) is 52.8 Å². The molecule has 1 N–H and O–H groups in total. The van der Waals surface area contributed by atoms with Crippen LogP contribution in [0.5, 0.6) is 0 Å². The molecule has 1 aromatic carbocycles. The van der Waals surface area contributed by atoms with Crippen LogP contribution >= 0.6 is 0 Å². The quantitative estimate of drug-likeness (QED) is 0.923. The monoisotopic (exact) mass is 340 g/mol. The van der Waals surface area contributed by atoms with E-state index in [9.17, 15) is 9.90 Å². The number of hydrogen-bond donors (Lipinski definition) is 1. The number of aliphatic hydroxyl groups excluding tert-OH is 1. The Morgan fingerprint density at radius 1 is 1.12 bits per heavy atom. The van der Waals surface area contributed by atoms with Gasteiger partial charge < -0.3 is 14.6 Å². The van der Waals surface area contributed by atoms with Crippen molar-refractivity contribution in [2.24, 2.45) is 0 Å². The van der Waals surface area contributed by atoms with Gasteiger partial charge in [-0.25, -0.2) is 0 Å². The number of carbonyl (C=O) groups is 1. The van der Waals surface area contributed by atoms with Gasteiger partial charge >= 0.3 is 0 Å². The molecule has 0 spiro atoms. The molecular weight excluding hydrogens is 312 g/mol. The Morgan fingerprint density at radius 2 is 1.72 bits per heavy atom. The number of hydrogen-bond acceptors (Lipinski definition) is 2. The molecule has 0 unspecified atom stereocenters. The van der Waals surface area contributed by atoms with E-state index in [0.29, 0.717) is 31.8 Å². The number of carbonyl (C=O) groups excluding carboxylic acids is 1. The van der Waals surface area contributed by atoms with Gasteiger partial charge in [-0.05, 0) is 56.4 Å². The van der Waals surface area contributed by atoms with E-state index in [4.69, 9.17) is 0 Å². The second-order valence-electron chi connectivity index (χ2n) is 7.39. The molecule has 4 heteroatoms. The Labute approximate surface area is 150 Å². The van der Waals surface area contributed by atoms with Crippen LogP contribution in [0.15, 0.2) is 30.3 Å². The van der Waals surface area contributed by atoms with Crippen molar-refractivity contribution < 1.29 is 9.90 Å². The van der Waals surface area contributed by atoms with E-state index < -0.39 is 0 Å². The maximum Gasteiger partial charge on any atom is 0.255 e. The van der Waals surface area contributed by atoms with Crippen molar-refractivity contribution in [3.8, 4) is 5.69 Å². The van der Waals surface area contributed by atoms with E-state index in [-0.39, 0.29) is 12.0 Å². The number of likely N-dealkylation sites (tertiary alicyclic amines) is 1.